The number of nitrogens with one attached hydrogen (secondary N) is 3. The number of hydrogen-bond acceptors (Lipinski definition) is 9. The topological polar surface area (TPSA) is 153 Å². The third-order valence-electron chi connectivity index (χ3n) is 10.1. The number of benzene rings is 4. The molecule has 3 N–H and O–H groups in total. The SMILES string of the molecule is O=C(Nc1ccc(-c2cc(-c3ccc(NC(=O)[C@@H]4CCCN4C(=O)c4nc5ccccc5s4)cc3)[nH]n2)cc1)[C@@H]1CCCN1C(=O)c1nc2ccccc2s1. The largest absolute Gasteiger partial charge is 0.325 e. The van der Waals surface area contributed by atoms with Crippen molar-refractivity contribution >= 4 is 78.1 Å². The van der Waals surface area contributed by atoms with Crippen molar-refractivity contribution in [1.29, 1.82) is 0 Å². The molecule has 0 spiro atoms. The van der Waals surface area contributed by atoms with Crippen LogP contribution in [0.25, 0.3) is 42.9 Å². The van der Waals surface area contributed by atoms with E-state index in [9.17, 15) is 19.2 Å². The van der Waals surface area contributed by atoms with Gasteiger partial charge in [0, 0.05) is 30.0 Å². The van der Waals surface area contributed by atoms with Gasteiger partial charge in [0.1, 0.15) is 12.1 Å². The number of carbonyl (C=O) groups excluding carboxylic acids is 4. The highest BCUT2D eigenvalue weighted by Gasteiger charge is 2.37. The number of H-pyrrole nitrogens is 1. The van der Waals surface area contributed by atoms with Crippen LogP contribution in [0.3, 0.4) is 0 Å². The molecule has 0 aliphatic carbocycles. The summed E-state index contributed by atoms with van der Waals surface area (Å²) in [4.78, 5) is 65.6. The minimum atomic E-state index is -0.565. The summed E-state index contributed by atoms with van der Waals surface area (Å²) in [7, 11) is 0. The fourth-order valence-corrected chi connectivity index (χ4v) is 9.11. The maximum Gasteiger partial charge on any atom is 0.283 e. The molecular formula is C41H34N8O4S2. The first-order valence-electron chi connectivity index (χ1n) is 18.1. The Morgan fingerprint density at radius 2 is 1.09 bits per heavy atom. The summed E-state index contributed by atoms with van der Waals surface area (Å²) in [6.07, 6.45) is 2.69. The highest BCUT2D eigenvalue weighted by Crippen LogP contribution is 2.30. The number of para-hydroxylation sites is 2. The number of carbonyl (C=O) groups is 4. The van der Waals surface area contributed by atoms with E-state index in [2.05, 4.69) is 30.8 Å². The Morgan fingerprint density at radius 1 is 0.618 bits per heavy atom. The molecule has 0 bridgehead atoms. The van der Waals surface area contributed by atoms with Gasteiger partial charge in [-0.25, -0.2) is 9.97 Å². The molecule has 3 aromatic heterocycles. The number of likely N-dealkylation sites (tertiary alicyclic amines) is 2. The van der Waals surface area contributed by atoms with Gasteiger partial charge in [-0.15, -0.1) is 22.7 Å². The van der Waals surface area contributed by atoms with E-state index in [1.54, 1.807) is 9.80 Å². The minimum Gasteiger partial charge on any atom is -0.325 e. The number of rotatable bonds is 8. The van der Waals surface area contributed by atoms with Crippen LogP contribution in [-0.2, 0) is 9.59 Å². The summed E-state index contributed by atoms with van der Waals surface area (Å²) in [6, 6.07) is 31.0. The summed E-state index contributed by atoms with van der Waals surface area (Å²) in [5.74, 6) is -0.871. The maximum atomic E-state index is 13.3. The number of thiazole rings is 2. The lowest BCUT2D eigenvalue weighted by Crippen LogP contribution is -2.43. The monoisotopic (exact) mass is 766 g/mol. The van der Waals surface area contributed by atoms with Crippen LogP contribution in [0.15, 0.2) is 103 Å². The number of fused-ring (bicyclic) bond motifs is 2. The molecule has 7 aromatic rings. The molecule has 0 radical (unpaired) electrons. The van der Waals surface area contributed by atoms with Gasteiger partial charge in [-0.3, -0.25) is 24.3 Å². The predicted octanol–water partition coefficient (Wildman–Crippen LogP) is 7.45. The van der Waals surface area contributed by atoms with Crippen LogP contribution in [-0.4, -0.2) is 78.8 Å². The lowest BCUT2D eigenvalue weighted by atomic mass is 10.1. The summed E-state index contributed by atoms with van der Waals surface area (Å²) in [5, 5.41) is 14.4. The molecule has 9 rings (SSSR count). The average molecular weight is 767 g/mol. The Hall–Kier alpha value is -6.25. The second-order valence-corrected chi connectivity index (χ2v) is 15.6. The second kappa shape index (κ2) is 14.5. The molecule has 14 heteroatoms. The third kappa shape index (κ3) is 6.85. The van der Waals surface area contributed by atoms with Crippen LogP contribution >= 0.6 is 22.7 Å². The Balaban J connectivity index is 0.808. The molecule has 2 aliphatic rings. The zero-order valence-electron chi connectivity index (χ0n) is 29.4. The van der Waals surface area contributed by atoms with E-state index < -0.39 is 12.1 Å². The van der Waals surface area contributed by atoms with Gasteiger partial charge in [0.25, 0.3) is 11.8 Å². The van der Waals surface area contributed by atoms with Crippen LogP contribution in [0.5, 0.6) is 0 Å². The smallest absolute Gasteiger partial charge is 0.283 e. The Labute approximate surface area is 323 Å². The van der Waals surface area contributed by atoms with E-state index in [4.69, 9.17) is 0 Å². The molecule has 12 nitrogen and oxygen atoms in total. The minimum absolute atomic E-state index is 0.214. The van der Waals surface area contributed by atoms with Gasteiger partial charge in [0.05, 0.1) is 31.8 Å². The van der Waals surface area contributed by atoms with Crippen LogP contribution < -0.4 is 10.6 Å². The highest BCUT2D eigenvalue weighted by molar-refractivity contribution is 7.20. The van der Waals surface area contributed by atoms with Gasteiger partial charge in [-0.2, -0.15) is 5.10 Å². The summed E-state index contributed by atoms with van der Waals surface area (Å²) < 4.78 is 1.89. The molecule has 0 saturated carbocycles. The first-order valence-corrected chi connectivity index (χ1v) is 19.7. The standard InChI is InChI=1S/C41H34N8O4S2/c50-36(32-9-5-21-48(32)40(52)38-44-28-7-1-3-11-34(28)54-38)42-26-17-13-24(14-18-26)30-23-31(47-46-30)25-15-19-27(20-16-25)43-37(51)33-10-6-22-49(33)41(53)39-45-29-8-2-4-12-35(29)55-39/h1-4,7-8,11-20,23,32-33H,5-6,9-10,21-22H2,(H,42,50)(H,43,51)(H,46,47)/t32-,33-/m0/s1. The Kier molecular flexibility index (Phi) is 9.12. The number of aromatic amines is 1. The van der Waals surface area contributed by atoms with Crippen molar-refractivity contribution in [2.75, 3.05) is 23.7 Å². The van der Waals surface area contributed by atoms with E-state index in [0.717, 1.165) is 55.8 Å². The quantitative estimate of drug-likeness (QED) is 0.145. The first-order chi connectivity index (χ1) is 26.9. The molecule has 2 atom stereocenters. The van der Waals surface area contributed by atoms with E-state index >= 15 is 0 Å². The van der Waals surface area contributed by atoms with Crippen molar-refractivity contribution in [3.63, 3.8) is 0 Å². The number of nitrogens with zero attached hydrogens (tertiary/aromatic N) is 5. The lowest BCUT2D eigenvalue weighted by Gasteiger charge is -2.23. The zero-order chi connectivity index (χ0) is 37.5. The van der Waals surface area contributed by atoms with Gasteiger partial charge in [-0.05, 0) is 85.8 Å². The predicted molar refractivity (Wildman–Crippen MR) is 214 cm³/mol. The third-order valence-corrected chi connectivity index (χ3v) is 12.1. The summed E-state index contributed by atoms with van der Waals surface area (Å²) in [6.45, 7) is 1.03. The molecule has 274 valence electrons. The van der Waals surface area contributed by atoms with E-state index in [-0.39, 0.29) is 23.6 Å². The number of hydrogen-bond donors (Lipinski definition) is 3. The number of aromatic nitrogens is 4. The average Bonchev–Trinajstić information content (AvgIpc) is 4.07. The molecule has 4 amide bonds. The summed E-state index contributed by atoms with van der Waals surface area (Å²) >= 11 is 2.69. The molecule has 2 fully saturated rings. The van der Waals surface area contributed by atoms with E-state index in [1.165, 1.54) is 22.7 Å². The van der Waals surface area contributed by atoms with Gasteiger partial charge in [-0.1, -0.05) is 48.5 Å². The number of anilines is 2. The molecular weight excluding hydrogens is 733 g/mol. The van der Waals surface area contributed by atoms with E-state index in [0.29, 0.717) is 47.3 Å². The Bertz CT molecular complexity index is 2340. The molecule has 5 heterocycles. The fraction of sp³-hybridized carbons (Fsp3) is 0.195. The molecule has 55 heavy (non-hydrogen) atoms. The molecule has 2 saturated heterocycles. The molecule has 2 aliphatic heterocycles. The van der Waals surface area contributed by atoms with Crippen LogP contribution in [0, 0.1) is 0 Å². The van der Waals surface area contributed by atoms with Gasteiger partial charge < -0.3 is 20.4 Å². The van der Waals surface area contributed by atoms with Crippen molar-refractivity contribution < 1.29 is 19.2 Å². The van der Waals surface area contributed by atoms with Gasteiger partial charge in [0.2, 0.25) is 11.8 Å². The van der Waals surface area contributed by atoms with Crippen molar-refractivity contribution in [3.05, 3.63) is 113 Å². The normalized spacial score (nSPS) is 16.9. The van der Waals surface area contributed by atoms with Gasteiger partial charge >= 0.3 is 0 Å². The maximum absolute atomic E-state index is 13.3. The number of amides is 4. The zero-order valence-corrected chi connectivity index (χ0v) is 31.0. The van der Waals surface area contributed by atoms with Crippen molar-refractivity contribution in [2.45, 2.75) is 37.8 Å². The van der Waals surface area contributed by atoms with Crippen LogP contribution in [0.1, 0.15) is 45.3 Å². The van der Waals surface area contributed by atoms with Crippen LogP contribution in [0.2, 0.25) is 0 Å². The van der Waals surface area contributed by atoms with E-state index in [1.807, 2.05) is 103 Å². The molecule has 0 unspecified atom stereocenters. The van der Waals surface area contributed by atoms with Gasteiger partial charge in [0.15, 0.2) is 10.0 Å². The van der Waals surface area contributed by atoms with Crippen molar-refractivity contribution in [2.24, 2.45) is 0 Å². The first kappa shape index (κ1) is 34.5. The van der Waals surface area contributed by atoms with Crippen LogP contribution in [0.4, 0.5) is 11.4 Å². The highest BCUT2D eigenvalue weighted by atomic mass is 32.1. The molecule has 4 aromatic carbocycles. The second-order valence-electron chi connectivity index (χ2n) is 13.6. The van der Waals surface area contributed by atoms with Crippen molar-refractivity contribution in [3.8, 4) is 22.5 Å². The Morgan fingerprint density at radius 3 is 1.58 bits per heavy atom. The van der Waals surface area contributed by atoms with Crippen molar-refractivity contribution in [1.82, 2.24) is 30.0 Å². The fourth-order valence-electron chi connectivity index (χ4n) is 7.26. The lowest BCUT2D eigenvalue weighted by molar-refractivity contribution is -0.120. The summed E-state index contributed by atoms with van der Waals surface area (Å²) in [5.41, 5.74) is 6.10.